The molecule has 1 aromatic heterocycles. The molecule has 1 heterocycles. The van der Waals surface area contributed by atoms with Gasteiger partial charge in [0.1, 0.15) is 5.75 Å². The maximum absolute atomic E-state index is 11.3. The lowest BCUT2D eigenvalue weighted by atomic mass is 10.2. The third-order valence-corrected chi connectivity index (χ3v) is 4.44. The van der Waals surface area contributed by atoms with Gasteiger partial charge in [-0.1, -0.05) is 0 Å². The van der Waals surface area contributed by atoms with Gasteiger partial charge in [0.25, 0.3) is 9.05 Å². The van der Waals surface area contributed by atoms with Crippen LogP contribution in [0, 0.1) is 6.92 Å². The first-order valence-corrected chi connectivity index (χ1v) is 8.34. The molecule has 0 unspecified atom stereocenters. The number of aryl methyl sites for hydroxylation is 2. The molecule has 0 saturated heterocycles. The van der Waals surface area contributed by atoms with Crippen LogP contribution in [0.5, 0.6) is 5.75 Å². The monoisotopic (exact) mass is 314 g/mol. The molecule has 0 spiro atoms. The van der Waals surface area contributed by atoms with Gasteiger partial charge < -0.3 is 4.74 Å². The topological polar surface area (TPSA) is 61.2 Å². The van der Waals surface area contributed by atoms with Crippen molar-refractivity contribution in [2.45, 2.75) is 18.2 Å². The number of benzene rings is 1. The lowest BCUT2D eigenvalue weighted by Gasteiger charge is -2.09. The van der Waals surface area contributed by atoms with Crippen molar-refractivity contribution in [2.75, 3.05) is 6.61 Å². The molecule has 0 saturated carbocycles. The Morgan fingerprint density at radius 3 is 2.65 bits per heavy atom. The van der Waals surface area contributed by atoms with Crippen LogP contribution in [0.15, 0.2) is 35.4 Å². The Morgan fingerprint density at radius 2 is 2.10 bits per heavy atom. The third-order valence-electron chi connectivity index (χ3n) is 2.96. The average molecular weight is 315 g/mol. The first-order valence-electron chi connectivity index (χ1n) is 6.03. The van der Waals surface area contributed by atoms with E-state index >= 15 is 0 Å². The number of aromatic nitrogens is 2. The summed E-state index contributed by atoms with van der Waals surface area (Å²) in [7, 11) is 3.50. The van der Waals surface area contributed by atoms with Crippen molar-refractivity contribution in [2.24, 2.45) is 7.05 Å². The van der Waals surface area contributed by atoms with Crippen molar-refractivity contribution in [3.63, 3.8) is 0 Å². The maximum Gasteiger partial charge on any atom is 0.261 e. The van der Waals surface area contributed by atoms with Crippen LogP contribution in [0.2, 0.25) is 0 Å². The van der Waals surface area contributed by atoms with E-state index in [-0.39, 0.29) is 4.90 Å². The molecule has 0 aliphatic rings. The average Bonchev–Trinajstić information content (AvgIpc) is 2.73. The number of ether oxygens (including phenoxy) is 1. The summed E-state index contributed by atoms with van der Waals surface area (Å²) in [5.74, 6) is 0.619. The van der Waals surface area contributed by atoms with Gasteiger partial charge in [0.05, 0.1) is 11.5 Å². The van der Waals surface area contributed by atoms with Crippen molar-refractivity contribution in [3.05, 3.63) is 41.7 Å². The number of nitrogens with zero attached hydrogens (tertiary/aromatic N) is 2. The summed E-state index contributed by atoms with van der Waals surface area (Å²) in [6.07, 6.45) is 2.46. The lowest BCUT2D eigenvalue weighted by molar-refractivity contribution is 0.318. The van der Waals surface area contributed by atoms with Crippen molar-refractivity contribution >= 4 is 19.7 Å². The lowest BCUT2D eigenvalue weighted by Crippen LogP contribution is -2.06. The molecule has 0 amide bonds. The van der Waals surface area contributed by atoms with Gasteiger partial charge in [-0.2, -0.15) is 5.10 Å². The molecule has 2 rings (SSSR count). The third kappa shape index (κ3) is 3.52. The highest BCUT2D eigenvalue weighted by Crippen LogP contribution is 2.24. The van der Waals surface area contributed by atoms with Crippen LogP contribution in [0.4, 0.5) is 0 Å². The second kappa shape index (κ2) is 5.85. The van der Waals surface area contributed by atoms with E-state index in [0.717, 1.165) is 12.1 Å². The Labute approximate surface area is 122 Å². The van der Waals surface area contributed by atoms with Crippen LogP contribution in [0.1, 0.15) is 11.3 Å². The smallest absolute Gasteiger partial charge is 0.261 e. The Kier molecular flexibility index (Phi) is 4.35. The Bertz CT molecular complexity index is 710. The van der Waals surface area contributed by atoms with E-state index in [2.05, 4.69) is 5.10 Å². The summed E-state index contributed by atoms with van der Waals surface area (Å²) in [6, 6.07) is 6.65. The number of rotatable bonds is 5. The molecule has 0 atom stereocenters. The second-order valence-corrected chi connectivity index (χ2v) is 6.94. The minimum Gasteiger partial charge on any atom is -0.493 e. The molecule has 0 fully saturated rings. The predicted octanol–water partition coefficient (Wildman–Crippen LogP) is 2.28. The summed E-state index contributed by atoms with van der Waals surface area (Å²) in [6.45, 7) is 2.18. The zero-order valence-electron chi connectivity index (χ0n) is 11.2. The van der Waals surface area contributed by atoms with Gasteiger partial charge in [0, 0.05) is 36.0 Å². The van der Waals surface area contributed by atoms with Crippen molar-refractivity contribution < 1.29 is 13.2 Å². The molecule has 5 nitrogen and oxygen atoms in total. The zero-order chi connectivity index (χ0) is 14.8. The van der Waals surface area contributed by atoms with E-state index in [4.69, 9.17) is 15.4 Å². The standard InChI is InChI=1S/C13H15ClN2O3S/c1-10-9-12(3-4-13(10)20(14,17)18)19-8-6-11-5-7-15-16(11)2/h3-5,7,9H,6,8H2,1-2H3. The van der Waals surface area contributed by atoms with Gasteiger partial charge in [0.2, 0.25) is 0 Å². The molecule has 20 heavy (non-hydrogen) atoms. The van der Waals surface area contributed by atoms with Crippen molar-refractivity contribution in [3.8, 4) is 5.75 Å². The van der Waals surface area contributed by atoms with Gasteiger partial charge in [-0.05, 0) is 36.8 Å². The fourth-order valence-electron chi connectivity index (χ4n) is 1.91. The molecule has 0 aliphatic heterocycles. The largest absolute Gasteiger partial charge is 0.493 e. The minimum absolute atomic E-state index is 0.109. The number of hydrogen-bond acceptors (Lipinski definition) is 4. The summed E-state index contributed by atoms with van der Waals surface area (Å²) < 4.78 is 30.0. The molecule has 0 N–H and O–H groups in total. The Hall–Kier alpha value is -1.53. The highest BCUT2D eigenvalue weighted by atomic mass is 35.7. The van der Waals surface area contributed by atoms with Gasteiger partial charge in [-0.15, -0.1) is 0 Å². The van der Waals surface area contributed by atoms with E-state index in [1.54, 1.807) is 29.9 Å². The van der Waals surface area contributed by atoms with Gasteiger partial charge in [-0.3, -0.25) is 4.68 Å². The van der Waals surface area contributed by atoms with E-state index in [1.807, 2.05) is 13.1 Å². The predicted molar refractivity (Wildman–Crippen MR) is 76.6 cm³/mol. The first-order chi connectivity index (χ1) is 9.38. The summed E-state index contributed by atoms with van der Waals surface area (Å²) in [4.78, 5) is 0.109. The molecule has 0 bridgehead atoms. The summed E-state index contributed by atoms with van der Waals surface area (Å²) >= 11 is 0. The van der Waals surface area contributed by atoms with E-state index < -0.39 is 9.05 Å². The number of hydrogen-bond donors (Lipinski definition) is 0. The maximum atomic E-state index is 11.3. The first kappa shape index (κ1) is 14.9. The molecular weight excluding hydrogens is 300 g/mol. The molecule has 0 aliphatic carbocycles. The van der Waals surface area contributed by atoms with Crippen LogP contribution in [-0.2, 0) is 22.5 Å². The minimum atomic E-state index is -3.71. The van der Waals surface area contributed by atoms with Crippen LogP contribution in [0.3, 0.4) is 0 Å². The quantitative estimate of drug-likeness (QED) is 0.794. The SMILES string of the molecule is Cc1cc(OCCc2ccnn2C)ccc1S(=O)(=O)Cl. The summed E-state index contributed by atoms with van der Waals surface area (Å²) in [5, 5.41) is 4.07. The van der Waals surface area contributed by atoms with Crippen LogP contribution >= 0.6 is 10.7 Å². The van der Waals surface area contributed by atoms with E-state index in [9.17, 15) is 8.42 Å². The molecule has 108 valence electrons. The van der Waals surface area contributed by atoms with Crippen molar-refractivity contribution in [1.29, 1.82) is 0 Å². The van der Waals surface area contributed by atoms with Crippen molar-refractivity contribution in [1.82, 2.24) is 9.78 Å². The van der Waals surface area contributed by atoms with Gasteiger partial charge in [0.15, 0.2) is 0 Å². The van der Waals surface area contributed by atoms with Gasteiger partial charge in [-0.25, -0.2) is 8.42 Å². The molecule has 7 heteroatoms. The van der Waals surface area contributed by atoms with E-state index in [0.29, 0.717) is 17.9 Å². The fourth-order valence-corrected chi connectivity index (χ4v) is 3.10. The van der Waals surface area contributed by atoms with E-state index in [1.165, 1.54) is 6.07 Å². The van der Waals surface area contributed by atoms with Gasteiger partial charge >= 0.3 is 0 Å². The van der Waals surface area contributed by atoms with Crippen LogP contribution in [-0.4, -0.2) is 24.8 Å². The molecule has 1 aromatic carbocycles. The molecule has 2 aromatic rings. The zero-order valence-corrected chi connectivity index (χ0v) is 12.8. The molecule has 0 radical (unpaired) electrons. The van der Waals surface area contributed by atoms with Crippen LogP contribution < -0.4 is 4.74 Å². The Morgan fingerprint density at radius 1 is 1.35 bits per heavy atom. The Balaban J connectivity index is 2.01. The van der Waals surface area contributed by atoms with Crippen LogP contribution in [0.25, 0.3) is 0 Å². The highest BCUT2D eigenvalue weighted by Gasteiger charge is 2.13. The number of halogens is 1. The fraction of sp³-hybridized carbons (Fsp3) is 0.308. The molecular formula is C13H15ClN2O3S. The highest BCUT2D eigenvalue weighted by molar-refractivity contribution is 8.13. The summed E-state index contributed by atoms with van der Waals surface area (Å²) in [5.41, 5.74) is 1.64. The second-order valence-electron chi connectivity index (χ2n) is 4.41. The normalized spacial score (nSPS) is 11.6.